The summed E-state index contributed by atoms with van der Waals surface area (Å²) in [4.78, 5) is 17.3. The molecule has 0 aliphatic rings. The number of hydrogen-bond donors (Lipinski definition) is 1. The highest BCUT2D eigenvalue weighted by atomic mass is 32.1. The molecular weight excluding hydrogens is 291 g/mol. The SMILES string of the molecule is CC(CN(C)Cc1csc(-c2ccc(F)cc2)n1)C(=O)O. The van der Waals surface area contributed by atoms with Crippen molar-refractivity contribution < 1.29 is 14.3 Å². The van der Waals surface area contributed by atoms with Gasteiger partial charge in [-0.05, 0) is 31.3 Å². The first-order valence-electron chi connectivity index (χ1n) is 6.57. The Bertz CT molecular complexity index is 612. The number of thiazole rings is 1. The summed E-state index contributed by atoms with van der Waals surface area (Å²) < 4.78 is 12.9. The highest BCUT2D eigenvalue weighted by Crippen LogP contribution is 2.24. The fourth-order valence-corrected chi connectivity index (χ4v) is 2.81. The lowest BCUT2D eigenvalue weighted by atomic mass is 10.2. The summed E-state index contributed by atoms with van der Waals surface area (Å²) in [6.07, 6.45) is 0. The van der Waals surface area contributed by atoms with Gasteiger partial charge in [-0.25, -0.2) is 9.37 Å². The molecule has 0 radical (unpaired) electrons. The van der Waals surface area contributed by atoms with E-state index < -0.39 is 11.9 Å². The third kappa shape index (κ3) is 4.34. The van der Waals surface area contributed by atoms with Crippen LogP contribution in [0.25, 0.3) is 10.6 Å². The highest BCUT2D eigenvalue weighted by molar-refractivity contribution is 7.13. The van der Waals surface area contributed by atoms with E-state index in [4.69, 9.17) is 5.11 Å². The molecule has 0 saturated heterocycles. The Morgan fingerprint density at radius 1 is 1.43 bits per heavy atom. The van der Waals surface area contributed by atoms with E-state index in [2.05, 4.69) is 4.98 Å². The molecule has 0 saturated carbocycles. The summed E-state index contributed by atoms with van der Waals surface area (Å²) in [6, 6.07) is 6.23. The van der Waals surface area contributed by atoms with Crippen molar-refractivity contribution >= 4 is 17.3 Å². The zero-order chi connectivity index (χ0) is 15.4. The predicted molar refractivity (Wildman–Crippen MR) is 80.6 cm³/mol. The molecule has 0 bridgehead atoms. The Morgan fingerprint density at radius 2 is 2.10 bits per heavy atom. The van der Waals surface area contributed by atoms with Crippen LogP contribution < -0.4 is 0 Å². The Morgan fingerprint density at radius 3 is 2.71 bits per heavy atom. The normalized spacial score (nSPS) is 12.6. The van der Waals surface area contributed by atoms with Crippen LogP contribution >= 0.6 is 11.3 Å². The molecule has 1 atom stereocenters. The van der Waals surface area contributed by atoms with Gasteiger partial charge in [0.1, 0.15) is 10.8 Å². The van der Waals surface area contributed by atoms with E-state index in [9.17, 15) is 9.18 Å². The van der Waals surface area contributed by atoms with Gasteiger partial charge in [0, 0.05) is 24.0 Å². The van der Waals surface area contributed by atoms with Crippen LogP contribution in [0, 0.1) is 11.7 Å². The second kappa shape index (κ2) is 6.78. The van der Waals surface area contributed by atoms with Crippen molar-refractivity contribution in [3.63, 3.8) is 0 Å². The Balaban J connectivity index is 2.00. The molecule has 0 fully saturated rings. The van der Waals surface area contributed by atoms with E-state index in [1.165, 1.54) is 23.5 Å². The second-order valence-electron chi connectivity index (χ2n) is 5.09. The molecular formula is C15H17FN2O2S. The summed E-state index contributed by atoms with van der Waals surface area (Å²) >= 11 is 1.50. The lowest BCUT2D eigenvalue weighted by Crippen LogP contribution is -2.28. The minimum atomic E-state index is -0.799. The van der Waals surface area contributed by atoms with Gasteiger partial charge in [0.05, 0.1) is 11.6 Å². The van der Waals surface area contributed by atoms with Gasteiger partial charge in [-0.3, -0.25) is 9.69 Å². The van der Waals surface area contributed by atoms with Gasteiger partial charge in [0.25, 0.3) is 0 Å². The maximum atomic E-state index is 12.9. The number of carboxylic acid groups (broad SMARTS) is 1. The van der Waals surface area contributed by atoms with Gasteiger partial charge >= 0.3 is 5.97 Å². The predicted octanol–water partition coefficient (Wildman–Crippen LogP) is 3.10. The van der Waals surface area contributed by atoms with Crippen molar-refractivity contribution in [2.75, 3.05) is 13.6 Å². The van der Waals surface area contributed by atoms with Crippen molar-refractivity contribution in [2.45, 2.75) is 13.5 Å². The molecule has 0 aliphatic heterocycles. The fourth-order valence-electron chi connectivity index (χ4n) is 1.99. The van der Waals surface area contributed by atoms with Crippen molar-refractivity contribution in [3.05, 3.63) is 41.2 Å². The maximum Gasteiger partial charge on any atom is 0.307 e. The first-order valence-corrected chi connectivity index (χ1v) is 7.45. The van der Waals surface area contributed by atoms with Gasteiger partial charge in [0.15, 0.2) is 0 Å². The molecule has 1 aromatic heterocycles. The number of aliphatic carboxylic acids is 1. The Kier molecular flexibility index (Phi) is 5.03. The number of rotatable bonds is 6. The number of carboxylic acids is 1. The highest BCUT2D eigenvalue weighted by Gasteiger charge is 2.14. The second-order valence-corrected chi connectivity index (χ2v) is 5.95. The van der Waals surface area contributed by atoms with Crippen LogP contribution in [0.4, 0.5) is 4.39 Å². The van der Waals surface area contributed by atoms with Crippen molar-refractivity contribution in [3.8, 4) is 10.6 Å². The summed E-state index contributed by atoms with van der Waals surface area (Å²) in [7, 11) is 1.87. The Hall–Kier alpha value is -1.79. The van der Waals surface area contributed by atoms with E-state index in [1.807, 2.05) is 17.3 Å². The van der Waals surface area contributed by atoms with Crippen LogP contribution in [0.1, 0.15) is 12.6 Å². The number of carbonyl (C=O) groups is 1. The lowest BCUT2D eigenvalue weighted by Gasteiger charge is -2.17. The fraction of sp³-hybridized carbons (Fsp3) is 0.333. The molecule has 2 aromatic rings. The zero-order valence-corrected chi connectivity index (χ0v) is 12.7. The van der Waals surface area contributed by atoms with Gasteiger partial charge in [-0.2, -0.15) is 0 Å². The topological polar surface area (TPSA) is 53.4 Å². The van der Waals surface area contributed by atoms with E-state index in [-0.39, 0.29) is 5.82 Å². The molecule has 2 rings (SSSR count). The standard InChI is InChI=1S/C15H17FN2O2S/c1-10(15(19)20)7-18(2)8-13-9-21-14(17-13)11-3-5-12(16)6-4-11/h3-6,9-10H,7-8H2,1-2H3,(H,19,20). The van der Waals surface area contributed by atoms with Gasteiger partial charge in [-0.1, -0.05) is 6.92 Å². The molecule has 112 valence electrons. The Labute approximate surface area is 126 Å². The number of hydrogen-bond acceptors (Lipinski definition) is 4. The van der Waals surface area contributed by atoms with E-state index in [1.54, 1.807) is 19.1 Å². The molecule has 6 heteroatoms. The van der Waals surface area contributed by atoms with E-state index in [0.29, 0.717) is 13.1 Å². The van der Waals surface area contributed by atoms with Crippen LogP contribution in [-0.2, 0) is 11.3 Å². The van der Waals surface area contributed by atoms with Crippen molar-refractivity contribution in [1.29, 1.82) is 0 Å². The van der Waals surface area contributed by atoms with Crippen LogP contribution in [0.5, 0.6) is 0 Å². The molecule has 1 unspecified atom stereocenters. The third-order valence-electron chi connectivity index (χ3n) is 3.08. The summed E-state index contributed by atoms with van der Waals surface area (Å²) in [6.45, 7) is 2.75. The monoisotopic (exact) mass is 308 g/mol. The molecule has 0 amide bonds. The van der Waals surface area contributed by atoms with Crippen LogP contribution in [0.3, 0.4) is 0 Å². The van der Waals surface area contributed by atoms with Crippen LogP contribution in [0.15, 0.2) is 29.6 Å². The molecule has 1 aromatic carbocycles. The average molecular weight is 308 g/mol. The summed E-state index contributed by atoms with van der Waals surface area (Å²) in [5.74, 6) is -1.48. The smallest absolute Gasteiger partial charge is 0.307 e. The maximum absolute atomic E-state index is 12.9. The van der Waals surface area contributed by atoms with Crippen LogP contribution in [0.2, 0.25) is 0 Å². The van der Waals surface area contributed by atoms with Gasteiger partial charge in [-0.15, -0.1) is 11.3 Å². The molecule has 1 N–H and O–H groups in total. The number of nitrogens with zero attached hydrogens (tertiary/aromatic N) is 2. The van der Waals surface area contributed by atoms with Crippen molar-refractivity contribution in [1.82, 2.24) is 9.88 Å². The first kappa shape index (κ1) is 15.6. The molecule has 1 heterocycles. The molecule has 4 nitrogen and oxygen atoms in total. The quantitative estimate of drug-likeness (QED) is 0.891. The van der Waals surface area contributed by atoms with Crippen molar-refractivity contribution in [2.24, 2.45) is 5.92 Å². The number of benzene rings is 1. The minimum absolute atomic E-state index is 0.266. The van der Waals surface area contributed by atoms with E-state index in [0.717, 1.165) is 16.3 Å². The third-order valence-corrected chi connectivity index (χ3v) is 4.02. The van der Waals surface area contributed by atoms with E-state index >= 15 is 0 Å². The number of halogens is 1. The zero-order valence-electron chi connectivity index (χ0n) is 11.9. The summed E-state index contributed by atoms with van der Waals surface area (Å²) in [5.41, 5.74) is 1.77. The molecule has 0 spiro atoms. The average Bonchev–Trinajstić information content (AvgIpc) is 2.87. The summed E-state index contributed by atoms with van der Waals surface area (Å²) in [5, 5.41) is 11.7. The number of aromatic nitrogens is 1. The lowest BCUT2D eigenvalue weighted by molar-refractivity contribution is -0.141. The molecule has 0 aliphatic carbocycles. The van der Waals surface area contributed by atoms with Gasteiger partial charge < -0.3 is 5.11 Å². The van der Waals surface area contributed by atoms with Gasteiger partial charge in [0.2, 0.25) is 0 Å². The largest absolute Gasteiger partial charge is 0.481 e. The first-order chi connectivity index (χ1) is 9.95. The minimum Gasteiger partial charge on any atom is -0.481 e. The molecule has 21 heavy (non-hydrogen) atoms. The van der Waals surface area contributed by atoms with Crippen LogP contribution in [-0.4, -0.2) is 34.6 Å².